The maximum absolute atomic E-state index is 10.3. The van der Waals surface area contributed by atoms with Crippen LogP contribution in [0.2, 0.25) is 0 Å². The highest BCUT2D eigenvalue weighted by atomic mass is 79.9. The molecular weight excluding hydrogens is 184 g/mol. The van der Waals surface area contributed by atoms with Crippen molar-refractivity contribution in [2.45, 2.75) is 30.7 Å². The van der Waals surface area contributed by atoms with Gasteiger partial charge in [0.1, 0.15) is 6.10 Å². The smallest absolute Gasteiger partial charge is 0.302 e. The number of ether oxygens (including phenoxy) is 1. The fraction of sp³-hybridized carbons (Fsp3) is 0.833. The molecule has 1 rings (SSSR count). The molecule has 0 bridgehead atoms. The minimum Gasteiger partial charge on any atom is -0.461 e. The lowest BCUT2D eigenvalue weighted by Crippen LogP contribution is -2.35. The summed E-state index contributed by atoms with van der Waals surface area (Å²) >= 11 is 3.38. The van der Waals surface area contributed by atoms with E-state index in [-0.39, 0.29) is 12.1 Å². The van der Waals surface area contributed by atoms with E-state index >= 15 is 0 Å². The summed E-state index contributed by atoms with van der Waals surface area (Å²) in [6, 6.07) is 0. The fourth-order valence-corrected chi connectivity index (χ4v) is 1.41. The Morgan fingerprint density at radius 3 is 2.44 bits per heavy atom. The van der Waals surface area contributed by atoms with Crippen molar-refractivity contribution >= 4 is 21.9 Å². The molecule has 0 aromatic carbocycles. The summed E-state index contributed by atoms with van der Waals surface area (Å²) in [5.41, 5.74) is 0. The SMILES string of the molecule is CC(=O)O[C@H]1CC[C@@H]1Br. The van der Waals surface area contributed by atoms with Gasteiger partial charge < -0.3 is 4.74 Å². The number of hydrogen-bond acceptors (Lipinski definition) is 2. The normalized spacial score (nSPS) is 33.1. The van der Waals surface area contributed by atoms with Crippen LogP contribution in [0.5, 0.6) is 0 Å². The van der Waals surface area contributed by atoms with Crippen molar-refractivity contribution in [2.24, 2.45) is 0 Å². The molecule has 0 heterocycles. The van der Waals surface area contributed by atoms with Crippen molar-refractivity contribution in [1.29, 1.82) is 0 Å². The molecule has 0 N–H and O–H groups in total. The average Bonchev–Trinajstić information content (AvgIpc) is 1.79. The van der Waals surface area contributed by atoms with E-state index in [9.17, 15) is 4.79 Å². The minimum atomic E-state index is -0.177. The number of hydrogen-bond donors (Lipinski definition) is 0. The summed E-state index contributed by atoms with van der Waals surface area (Å²) in [5, 5.41) is 0. The number of carbonyl (C=O) groups excluding carboxylic acids is 1. The maximum atomic E-state index is 10.3. The molecule has 0 aromatic rings. The number of carbonyl (C=O) groups is 1. The van der Waals surface area contributed by atoms with Gasteiger partial charge >= 0.3 is 5.97 Å². The van der Waals surface area contributed by atoms with Gasteiger partial charge in [0.05, 0.1) is 4.83 Å². The highest BCUT2D eigenvalue weighted by Gasteiger charge is 2.30. The molecule has 0 radical (unpaired) electrons. The van der Waals surface area contributed by atoms with E-state index in [1.54, 1.807) is 0 Å². The Morgan fingerprint density at radius 2 is 2.33 bits per heavy atom. The molecule has 0 saturated heterocycles. The second-order valence-electron chi connectivity index (χ2n) is 2.24. The van der Waals surface area contributed by atoms with Crippen molar-refractivity contribution in [1.82, 2.24) is 0 Å². The topological polar surface area (TPSA) is 26.3 Å². The monoisotopic (exact) mass is 192 g/mol. The third-order valence-electron chi connectivity index (χ3n) is 1.45. The first-order chi connectivity index (χ1) is 4.20. The van der Waals surface area contributed by atoms with E-state index in [1.807, 2.05) is 0 Å². The molecule has 1 fully saturated rings. The molecular formula is C6H9BrO2. The molecule has 0 aromatic heterocycles. The Kier molecular flexibility index (Phi) is 2.11. The zero-order valence-electron chi connectivity index (χ0n) is 5.26. The van der Waals surface area contributed by atoms with Gasteiger partial charge in [-0.2, -0.15) is 0 Å². The van der Waals surface area contributed by atoms with Gasteiger partial charge in [0.25, 0.3) is 0 Å². The van der Waals surface area contributed by atoms with Crippen LogP contribution >= 0.6 is 15.9 Å². The average molecular weight is 193 g/mol. The molecule has 52 valence electrons. The largest absolute Gasteiger partial charge is 0.461 e. The third-order valence-corrected chi connectivity index (χ3v) is 2.50. The predicted molar refractivity (Wildman–Crippen MR) is 37.5 cm³/mol. The lowest BCUT2D eigenvalue weighted by atomic mass is 9.96. The van der Waals surface area contributed by atoms with Gasteiger partial charge in [0.2, 0.25) is 0 Å². The van der Waals surface area contributed by atoms with E-state index in [4.69, 9.17) is 4.74 Å². The lowest BCUT2D eigenvalue weighted by molar-refractivity contribution is -0.149. The van der Waals surface area contributed by atoms with Crippen LogP contribution in [-0.4, -0.2) is 16.9 Å². The van der Waals surface area contributed by atoms with E-state index in [0.29, 0.717) is 4.83 Å². The summed E-state index contributed by atoms with van der Waals surface area (Å²) in [4.78, 5) is 10.8. The molecule has 1 aliphatic carbocycles. The van der Waals surface area contributed by atoms with Crippen LogP contribution < -0.4 is 0 Å². The number of alkyl halides is 1. The molecule has 1 aliphatic rings. The Morgan fingerprint density at radius 1 is 1.67 bits per heavy atom. The number of halogens is 1. The van der Waals surface area contributed by atoms with Gasteiger partial charge in [-0.15, -0.1) is 0 Å². The van der Waals surface area contributed by atoms with Crippen molar-refractivity contribution in [3.05, 3.63) is 0 Å². The lowest BCUT2D eigenvalue weighted by Gasteiger charge is -2.30. The van der Waals surface area contributed by atoms with E-state index in [1.165, 1.54) is 6.92 Å². The quantitative estimate of drug-likeness (QED) is 0.465. The predicted octanol–water partition coefficient (Wildman–Crippen LogP) is 1.48. The molecule has 2 atom stereocenters. The number of esters is 1. The Hall–Kier alpha value is -0.0500. The van der Waals surface area contributed by atoms with E-state index in [0.717, 1.165) is 12.8 Å². The van der Waals surface area contributed by atoms with Crippen LogP contribution in [0.15, 0.2) is 0 Å². The third kappa shape index (κ3) is 1.68. The molecule has 0 amide bonds. The highest BCUT2D eigenvalue weighted by molar-refractivity contribution is 9.09. The summed E-state index contributed by atoms with van der Waals surface area (Å²) in [6.45, 7) is 1.44. The summed E-state index contributed by atoms with van der Waals surface area (Å²) in [6.07, 6.45) is 2.27. The zero-order chi connectivity index (χ0) is 6.85. The van der Waals surface area contributed by atoms with Gasteiger partial charge in [-0.3, -0.25) is 4.79 Å². The van der Waals surface area contributed by atoms with Crippen LogP contribution in [0.1, 0.15) is 19.8 Å². The summed E-state index contributed by atoms with van der Waals surface area (Å²) in [7, 11) is 0. The number of rotatable bonds is 1. The van der Waals surface area contributed by atoms with Crippen LogP contribution in [0.4, 0.5) is 0 Å². The van der Waals surface area contributed by atoms with Crippen LogP contribution in [0.25, 0.3) is 0 Å². The summed E-state index contributed by atoms with van der Waals surface area (Å²) in [5.74, 6) is -0.177. The first-order valence-electron chi connectivity index (χ1n) is 3.01. The van der Waals surface area contributed by atoms with Crippen molar-refractivity contribution in [3.63, 3.8) is 0 Å². The van der Waals surface area contributed by atoms with Gasteiger partial charge in [0, 0.05) is 6.92 Å². The Labute approximate surface area is 62.7 Å². The van der Waals surface area contributed by atoms with Crippen LogP contribution in [0, 0.1) is 0 Å². The second kappa shape index (κ2) is 2.69. The van der Waals surface area contributed by atoms with Crippen molar-refractivity contribution in [3.8, 4) is 0 Å². The standard InChI is InChI=1S/C6H9BrO2/c1-4(8)9-6-3-2-5(6)7/h5-6H,2-3H2,1H3/t5-,6-/m0/s1. The summed E-state index contributed by atoms with van der Waals surface area (Å²) < 4.78 is 4.91. The zero-order valence-corrected chi connectivity index (χ0v) is 6.85. The molecule has 0 spiro atoms. The van der Waals surface area contributed by atoms with E-state index < -0.39 is 0 Å². The second-order valence-corrected chi connectivity index (χ2v) is 3.42. The van der Waals surface area contributed by atoms with Crippen molar-refractivity contribution < 1.29 is 9.53 Å². The van der Waals surface area contributed by atoms with Gasteiger partial charge in [-0.05, 0) is 12.8 Å². The first kappa shape index (κ1) is 7.06. The maximum Gasteiger partial charge on any atom is 0.302 e. The van der Waals surface area contributed by atoms with Gasteiger partial charge in [-0.1, -0.05) is 15.9 Å². The fourth-order valence-electron chi connectivity index (χ4n) is 0.775. The molecule has 2 nitrogen and oxygen atoms in total. The molecule has 3 heteroatoms. The van der Waals surface area contributed by atoms with Crippen LogP contribution in [-0.2, 0) is 9.53 Å². The Bertz CT molecular complexity index is 124. The molecule has 0 unspecified atom stereocenters. The van der Waals surface area contributed by atoms with Gasteiger partial charge in [-0.25, -0.2) is 0 Å². The van der Waals surface area contributed by atoms with Crippen LogP contribution in [0.3, 0.4) is 0 Å². The first-order valence-corrected chi connectivity index (χ1v) is 3.93. The molecule has 0 aliphatic heterocycles. The highest BCUT2D eigenvalue weighted by Crippen LogP contribution is 2.29. The van der Waals surface area contributed by atoms with Gasteiger partial charge in [0.15, 0.2) is 0 Å². The minimum absolute atomic E-state index is 0.141. The molecule has 1 saturated carbocycles. The van der Waals surface area contributed by atoms with Crippen molar-refractivity contribution in [2.75, 3.05) is 0 Å². The van der Waals surface area contributed by atoms with E-state index in [2.05, 4.69) is 15.9 Å². The Balaban J connectivity index is 2.21. The molecule has 9 heavy (non-hydrogen) atoms.